The van der Waals surface area contributed by atoms with E-state index in [1.165, 1.54) is 11.1 Å². The topological polar surface area (TPSA) is 64.1 Å². The van der Waals surface area contributed by atoms with Gasteiger partial charge in [-0.05, 0) is 38.0 Å². The van der Waals surface area contributed by atoms with Crippen LogP contribution in [0.4, 0.5) is 5.82 Å². The van der Waals surface area contributed by atoms with E-state index in [4.69, 9.17) is 4.74 Å². The molecule has 0 amide bonds. The minimum atomic E-state index is -0.460. The van der Waals surface area contributed by atoms with Crippen LogP contribution < -0.4 is 5.32 Å². The Morgan fingerprint density at radius 1 is 1.04 bits per heavy atom. The van der Waals surface area contributed by atoms with Gasteiger partial charge in [0.15, 0.2) is 11.5 Å². The predicted octanol–water partition coefficient (Wildman–Crippen LogP) is 3.77. The lowest BCUT2D eigenvalue weighted by atomic mass is 10.1. The van der Waals surface area contributed by atoms with E-state index in [1.54, 1.807) is 6.92 Å². The second-order valence-corrected chi connectivity index (χ2v) is 5.79. The Balaban J connectivity index is 1.81. The fourth-order valence-corrected chi connectivity index (χ4v) is 2.55. The van der Waals surface area contributed by atoms with E-state index in [2.05, 4.69) is 46.5 Å². The Morgan fingerprint density at radius 2 is 1.72 bits per heavy atom. The van der Waals surface area contributed by atoms with E-state index in [1.807, 2.05) is 24.3 Å². The standard InChI is InChI=1S/C20H21N3O2/c1-3-25-20(24)18-19(23-17-7-5-4-6-16(17)22-18)21-13-12-15-10-8-14(2)9-11-15/h4-11H,3,12-13H2,1-2H3,(H,21,23). The highest BCUT2D eigenvalue weighted by Gasteiger charge is 2.17. The van der Waals surface area contributed by atoms with Gasteiger partial charge in [-0.3, -0.25) is 0 Å². The number of rotatable bonds is 6. The first kappa shape index (κ1) is 16.9. The largest absolute Gasteiger partial charge is 0.461 e. The number of carbonyl (C=O) groups is 1. The van der Waals surface area contributed by atoms with Crippen molar-refractivity contribution >= 4 is 22.8 Å². The fraction of sp³-hybridized carbons (Fsp3) is 0.250. The van der Waals surface area contributed by atoms with Crippen LogP contribution in [0.2, 0.25) is 0 Å². The van der Waals surface area contributed by atoms with Gasteiger partial charge in [-0.1, -0.05) is 42.0 Å². The number of nitrogens with one attached hydrogen (secondary N) is 1. The van der Waals surface area contributed by atoms with Crippen LogP contribution in [-0.4, -0.2) is 29.1 Å². The van der Waals surface area contributed by atoms with Crippen molar-refractivity contribution in [3.05, 3.63) is 65.4 Å². The Bertz CT molecular complexity index is 876. The number of hydrogen-bond donors (Lipinski definition) is 1. The first-order chi connectivity index (χ1) is 12.2. The van der Waals surface area contributed by atoms with E-state index in [9.17, 15) is 4.79 Å². The maximum atomic E-state index is 12.2. The second kappa shape index (κ2) is 7.75. The van der Waals surface area contributed by atoms with Gasteiger partial charge in [-0.25, -0.2) is 14.8 Å². The van der Waals surface area contributed by atoms with Crippen molar-refractivity contribution in [2.75, 3.05) is 18.5 Å². The predicted molar refractivity (Wildman–Crippen MR) is 98.9 cm³/mol. The second-order valence-electron chi connectivity index (χ2n) is 5.79. The zero-order valence-corrected chi connectivity index (χ0v) is 14.5. The quantitative estimate of drug-likeness (QED) is 0.695. The van der Waals surface area contributed by atoms with Gasteiger partial charge in [0.2, 0.25) is 0 Å². The molecule has 0 saturated heterocycles. The number of ether oxygens (including phenoxy) is 1. The van der Waals surface area contributed by atoms with Crippen LogP contribution >= 0.6 is 0 Å². The lowest BCUT2D eigenvalue weighted by Crippen LogP contribution is -2.15. The van der Waals surface area contributed by atoms with Crippen LogP contribution in [0.1, 0.15) is 28.5 Å². The number of aryl methyl sites for hydroxylation is 1. The number of fused-ring (bicyclic) bond motifs is 1. The van der Waals surface area contributed by atoms with Gasteiger partial charge in [-0.15, -0.1) is 0 Å². The summed E-state index contributed by atoms with van der Waals surface area (Å²) in [6, 6.07) is 15.9. The Kier molecular flexibility index (Phi) is 5.23. The molecule has 0 aliphatic heterocycles. The highest BCUT2D eigenvalue weighted by molar-refractivity contribution is 5.95. The van der Waals surface area contributed by atoms with Crippen LogP contribution in [0.3, 0.4) is 0 Å². The number of para-hydroxylation sites is 2. The highest BCUT2D eigenvalue weighted by atomic mass is 16.5. The van der Waals surface area contributed by atoms with Gasteiger partial charge < -0.3 is 10.1 Å². The SMILES string of the molecule is CCOC(=O)c1nc2ccccc2nc1NCCc1ccc(C)cc1. The summed E-state index contributed by atoms with van der Waals surface area (Å²) >= 11 is 0. The summed E-state index contributed by atoms with van der Waals surface area (Å²) in [7, 11) is 0. The van der Waals surface area contributed by atoms with Crippen molar-refractivity contribution in [2.24, 2.45) is 0 Å². The van der Waals surface area contributed by atoms with Crippen molar-refractivity contribution in [2.45, 2.75) is 20.3 Å². The lowest BCUT2D eigenvalue weighted by Gasteiger charge is -2.11. The number of carbonyl (C=O) groups excluding carboxylic acids is 1. The molecule has 128 valence electrons. The maximum absolute atomic E-state index is 12.2. The molecule has 0 aliphatic carbocycles. The molecule has 1 heterocycles. The van der Waals surface area contributed by atoms with Crippen molar-refractivity contribution < 1.29 is 9.53 Å². The molecule has 0 bridgehead atoms. The monoisotopic (exact) mass is 335 g/mol. The average molecular weight is 335 g/mol. The molecule has 5 heteroatoms. The third-order valence-electron chi connectivity index (χ3n) is 3.87. The molecule has 3 rings (SSSR count). The molecular formula is C20H21N3O2. The minimum Gasteiger partial charge on any atom is -0.461 e. The zero-order chi connectivity index (χ0) is 17.6. The summed E-state index contributed by atoms with van der Waals surface area (Å²) in [6.07, 6.45) is 0.830. The normalized spacial score (nSPS) is 10.6. The van der Waals surface area contributed by atoms with Crippen molar-refractivity contribution in [3.63, 3.8) is 0 Å². The molecular weight excluding hydrogens is 314 g/mol. The molecule has 2 aromatic carbocycles. The van der Waals surface area contributed by atoms with Crippen LogP contribution in [0, 0.1) is 6.92 Å². The number of hydrogen-bond acceptors (Lipinski definition) is 5. The summed E-state index contributed by atoms with van der Waals surface area (Å²) in [5, 5.41) is 3.23. The molecule has 0 fully saturated rings. The van der Waals surface area contributed by atoms with Crippen molar-refractivity contribution in [3.8, 4) is 0 Å². The third-order valence-corrected chi connectivity index (χ3v) is 3.87. The van der Waals surface area contributed by atoms with E-state index < -0.39 is 5.97 Å². The Labute approximate surface area is 147 Å². The lowest BCUT2D eigenvalue weighted by molar-refractivity contribution is 0.0521. The van der Waals surface area contributed by atoms with Gasteiger partial charge in [-0.2, -0.15) is 0 Å². The van der Waals surface area contributed by atoms with E-state index in [0.29, 0.717) is 24.5 Å². The van der Waals surface area contributed by atoms with Crippen molar-refractivity contribution in [1.29, 1.82) is 0 Å². The fourth-order valence-electron chi connectivity index (χ4n) is 2.55. The summed E-state index contributed by atoms with van der Waals surface area (Å²) < 4.78 is 5.11. The molecule has 0 unspecified atom stereocenters. The molecule has 1 N–H and O–H groups in total. The number of nitrogens with zero attached hydrogens (tertiary/aromatic N) is 2. The highest BCUT2D eigenvalue weighted by Crippen LogP contribution is 2.18. The summed E-state index contributed by atoms with van der Waals surface area (Å²) in [6.45, 7) is 4.80. The average Bonchev–Trinajstić information content (AvgIpc) is 2.63. The van der Waals surface area contributed by atoms with E-state index in [0.717, 1.165) is 11.9 Å². The summed E-state index contributed by atoms with van der Waals surface area (Å²) in [5.41, 5.74) is 4.11. The number of aromatic nitrogens is 2. The van der Waals surface area contributed by atoms with Crippen LogP contribution in [0.5, 0.6) is 0 Å². The molecule has 0 spiro atoms. The molecule has 25 heavy (non-hydrogen) atoms. The maximum Gasteiger partial charge on any atom is 0.360 e. The van der Waals surface area contributed by atoms with Gasteiger partial charge in [0.1, 0.15) is 0 Å². The van der Waals surface area contributed by atoms with Crippen LogP contribution in [-0.2, 0) is 11.2 Å². The van der Waals surface area contributed by atoms with Gasteiger partial charge >= 0.3 is 5.97 Å². The van der Waals surface area contributed by atoms with E-state index >= 15 is 0 Å². The summed E-state index contributed by atoms with van der Waals surface area (Å²) in [5.74, 6) is 0.00264. The van der Waals surface area contributed by atoms with Crippen molar-refractivity contribution in [1.82, 2.24) is 9.97 Å². The third kappa shape index (κ3) is 4.12. The van der Waals surface area contributed by atoms with Gasteiger partial charge in [0.25, 0.3) is 0 Å². The molecule has 0 radical (unpaired) electrons. The molecule has 1 aromatic heterocycles. The molecule has 0 atom stereocenters. The number of esters is 1. The number of benzene rings is 2. The Hall–Kier alpha value is -2.95. The summed E-state index contributed by atoms with van der Waals surface area (Å²) in [4.78, 5) is 21.2. The van der Waals surface area contributed by atoms with Crippen LogP contribution in [0.25, 0.3) is 11.0 Å². The zero-order valence-electron chi connectivity index (χ0n) is 14.5. The molecule has 3 aromatic rings. The van der Waals surface area contributed by atoms with Crippen LogP contribution in [0.15, 0.2) is 48.5 Å². The van der Waals surface area contributed by atoms with E-state index in [-0.39, 0.29) is 5.69 Å². The molecule has 0 saturated carbocycles. The van der Waals surface area contributed by atoms with Gasteiger partial charge in [0.05, 0.1) is 17.6 Å². The first-order valence-corrected chi connectivity index (χ1v) is 8.40. The smallest absolute Gasteiger partial charge is 0.360 e. The molecule has 5 nitrogen and oxygen atoms in total. The first-order valence-electron chi connectivity index (χ1n) is 8.40. The minimum absolute atomic E-state index is 0.226. The molecule has 0 aliphatic rings. The Morgan fingerprint density at radius 3 is 2.40 bits per heavy atom. The number of anilines is 1. The van der Waals surface area contributed by atoms with Gasteiger partial charge in [0, 0.05) is 6.54 Å².